The largest absolute Gasteiger partial charge is 0.477 e. The van der Waals surface area contributed by atoms with E-state index in [0.717, 1.165) is 27.2 Å². The average molecular weight is 385 g/mol. The number of aromatic nitrogens is 2. The molecular weight excluding hydrogens is 362 g/mol. The lowest BCUT2D eigenvalue weighted by atomic mass is 10.0. The van der Waals surface area contributed by atoms with Crippen molar-refractivity contribution in [3.05, 3.63) is 50.1 Å². The van der Waals surface area contributed by atoms with Gasteiger partial charge in [0.05, 0.1) is 17.1 Å². The van der Waals surface area contributed by atoms with Gasteiger partial charge in [-0.2, -0.15) is 0 Å². The Morgan fingerprint density at radius 2 is 1.96 bits per heavy atom. The average Bonchev–Trinajstić information content (AvgIpc) is 3.09. The second kappa shape index (κ2) is 7.52. The highest BCUT2D eigenvalue weighted by atomic mass is 32.1. The molecule has 3 aromatic rings. The minimum atomic E-state index is -0.958. The standard InChI is InChI=1S/C20H23N3O3S/c1-10-7-11(2)18-15(8-10)14(12(3)23-18)9-16(24)21-6-5-17-22-13(4)19(27-17)20(25)26/h7-8,23H,5-6,9H2,1-4H3,(H,21,24)(H,25,26). The number of rotatable bonds is 6. The Bertz CT molecular complexity index is 1030. The van der Waals surface area contributed by atoms with Gasteiger partial charge in [0.15, 0.2) is 0 Å². The minimum absolute atomic E-state index is 0.0510. The van der Waals surface area contributed by atoms with Gasteiger partial charge >= 0.3 is 5.97 Å². The highest BCUT2D eigenvalue weighted by Crippen LogP contribution is 2.26. The van der Waals surface area contributed by atoms with Crippen molar-refractivity contribution in [2.75, 3.05) is 6.54 Å². The van der Waals surface area contributed by atoms with Crippen molar-refractivity contribution in [1.29, 1.82) is 0 Å². The molecule has 3 N–H and O–H groups in total. The van der Waals surface area contributed by atoms with Crippen molar-refractivity contribution in [3.8, 4) is 0 Å². The molecular formula is C20H23N3O3S. The number of hydrogen-bond donors (Lipinski definition) is 3. The maximum absolute atomic E-state index is 12.4. The molecule has 0 bridgehead atoms. The first-order chi connectivity index (χ1) is 12.8. The van der Waals surface area contributed by atoms with Crippen LogP contribution in [-0.4, -0.2) is 33.5 Å². The lowest BCUT2D eigenvalue weighted by Crippen LogP contribution is -2.27. The fourth-order valence-electron chi connectivity index (χ4n) is 3.35. The number of carboxylic acid groups (broad SMARTS) is 1. The van der Waals surface area contributed by atoms with Crippen LogP contribution in [0.4, 0.5) is 0 Å². The number of aromatic carboxylic acids is 1. The molecule has 142 valence electrons. The number of aryl methyl sites for hydroxylation is 4. The van der Waals surface area contributed by atoms with E-state index < -0.39 is 5.97 Å². The summed E-state index contributed by atoms with van der Waals surface area (Å²) in [5.41, 5.74) is 5.99. The summed E-state index contributed by atoms with van der Waals surface area (Å²) in [7, 11) is 0. The zero-order chi connectivity index (χ0) is 19.7. The van der Waals surface area contributed by atoms with E-state index in [1.54, 1.807) is 6.92 Å². The van der Waals surface area contributed by atoms with Gasteiger partial charge in [0.2, 0.25) is 5.91 Å². The zero-order valence-electron chi connectivity index (χ0n) is 15.9. The second-order valence-electron chi connectivity index (χ2n) is 6.84. The van der Waals surface area contributed by atoms with Gasteiger partial charge in [0.25, 0.3) is 0 Å². The number of aromatic amines is 1. The lowest BCUT2D eigenvalue weighted by molar-refractivity contribution is -0.120. The Morgan fingerprint density at radius 1 is 1.22 bits per heavy atom. The van der Waals surface area contributed by atoms with Crippen LogP contribution in [0.2, 0.25) is 0 Å². The van der Waals surface area contributed by atoms with Crippen LogP contribution in [0.15, 0.2) is 12.1 Å². The minimum Gasteiger partial charge on any atom is -0.477 e. The molecule has 27 heavy (non-hydrogen) atoms. The summed E-state index contributed by atoms with van der Waals surface area (Å²) < 4.78 is 0. The van der Waals surface area contributed by atoms with Crippen molar-refractivity contribution >= 4 is 34.1 Å². The van der Waals surface area contributed by atoms with Gasteiger partial charge in [-0.25, -0.2) is 9.78 Å². The smallest absolute Gasteiger partial charge is 0.347 e. The number of carbonyl (C=O) groups excluding carboxylic acids is 1. The van der Waals surface area contributed by atoms with E-state index in [9.17, 15) is 9.59 Å². The lowest BCUT2D eigenvalue weighted by Gasteiger charge is -2.05. The third-order valence-corrected chi connectivity index (χ3v) is 5.81. The first kappa shape index (κ1) is 19.1. The zero-order valence-corrected chi connectivity index (χ0v) is 16.7. The summed E-state index contributed by atoms with van der Waals surface area (Å²) in [5, 5.41) is 13.8. The highest BCUT2D eigenvalue weighted by molar-refractivity contribution is 7.13. The number of carbonyl (C=O) groups is 2. The SMILES string of the molecule is Cc1cc(C)c2[nH]c(C)c(CC(=O)NCCc3nc(C)c(C(=O)O)s3)c2c1. The summed E-state index contributed by atoms with van der Waals surface area (Å²) >= 11 is 1.17. The Hall–Kier alpha value is -2.67. The third-order valence-electron chi connectivity index (χ3n) is 4.60. The molecule has 0 aliphatic carbocycles. The van der Waals surface area contributed by atoms with Gasteiger partial charge in [-0.15, -0.1) is 11.3 Å². The topological polar surface area (TPSA) is 95.1 Å². The summed E-state index contributed by atoms with van der Waals surface area (Å²) in [6.45, 7) is 8.23. The highest BCUT2D eigenvalue weighted by Gasteiger charge is 2.16. The molecule has 0 spiro atoms. The van der Waals surface area contributed by atoms with Crippen molar-refractivity contribution in [1.82, 2.24) is 15.3 Å². The normalized spacial score (nSPS) is 11.1. The number of benzene rings is 1. The van der Waals surface area contributed by atoms with Crippen LogP contribution in [0.5, 0.6) is 0 Å². The Morgan fingerprint density at radius 3 is 2.63 bits per heavy atom. The van der Waals surface area contributed by atoms with Gasteiger partial charge in [0.1, 0.15) is 4.88 Å². The summed E-state index contributed by atoms with van der Waals surface area (Å²) in [4.78, 5) is 31.4. The summed E-state index contributed by atoms with van der Waals surface area (Å²) in [6.07, 6.45) is 0.835. The van der Waals surface area contributed by atoms with Crippen molar-refractivity contribution < 1.29 is 14.7 Å². The molecule has 2 aromatic heterocycles. The summed E-state index contributed by atoms with van der Waals surface area (Å²) in [6, 6.07) is 4.24. The van der Waals surface area contributed by atoms with Crippen LogP contribution in [0.25, 0.3) is 10.9 Å². The second-order valence-corrected chi connectivity index (χ2v) is 7.92. The molecule has 0 unspecified atom stereocenters. The summed E-state index contributed by atoms with van der Waals surface area (Å²) in [5.74, 6) is -1.01. The Labute approximate surface area is 161 Å². The number of thiazole rings is 1. The molecule has 6 nitrogen and oxygen atoms in total. The predicted octanol–water partition coefficient (Wildman–Crippen LogP) is 3.46. The maximum atomic E-state index is 12.4. The molecule has 0 saturated carbocycles. The number of nitrogens with zero attached hydrogens (tertiary/aromatic N) is 1. The molecule has 0 fully saturated rings. The number of H-pyrrole nitrogens is 1. The maximum Gasteiger partial charge on any atom is 0.347 e. The predicted molar refractivity (Wildman–Crippen MR) is 107 cm³/mol. The number of fused-ring (bicyclic) bond motifs is 1. The van der Waals surface area contributed by atoms with Gasteiger partial charge < -0.3 is 15.4 Å². The molecule has 1 aromatic carbocycles. The molecule has 7 heteroatoms. The number of carboxylic acids is 1. The van der Waals surface area contributed by atoms with Crippen molar-refractivity contribution in [3.63, 3.8) is 0 Å². The fourth-order valence-corrected chi connectivity index (χ4v) is 4.26. The molecule has 0 aliphatic heterocycles. The molecule has 3 rings (SSSR count). The van der Waals surface area contributed by atoms with Crippen LogP contribution in [0.3, 0.4) is 0 Å². The van der Waals surface area contributed by atoms with E-state index in [-0.39, 0.29) is 10.8 Å². The van der Waals surface area contributed by atoms with E-state index in [0.29, 0.717) is 25.1 Å². The van der Waals surface area contributed by atoms with Crippen LogP contribution in [0, 0.1) is 27.7 Å². The fraction of sp³-hybridized carbons (Fsp3) is 0.350. The number of nitrogens with one attached hydrogen (secondary N) is 2. The van der Waals surface area contributed by atoms with Crippen LogP contribution in [-0.2, 0) is 17.6 Å². The molecule has 0 saturated heterocycles. The van der Waals surface area contributed by atoms with Crippen LogP contribution >= 0.6 is 11.3 Å². The van der Waals surface area contributed by atoms with E-state index in [1.807, 2.05) is 6.92 Å². The molecule has 0 radical (unpaired) electrons. The molecule has 2 heterocycles. The first-order valence-corrected chi connectivity index (χ1v) is 9.62. The van der Waals surface area contributed by atoms with Gasteiger partial charge in [0, 0.05) is 29.6 Å². The molecule has 1 amide bonds. The van der Waals surface area contributed by atoms with Crippen LogP contribution < -0.4 is 5.32 Å². The monoisotopic (exact) mass is 385 g/mol. The third kappa shape index (κ3) is 4.03. The first-order valence-electron chi connectivity index (χ1n) is 8.81. The van der Waals surface area contributed by atoms with Crippen molar-refractivity contribution in [2.24, 2.45) is 0 Å². The molecule has 0 atom stereocenters. The van der Waals surface area contributed by atoms with Gasteiger partial charge in [-0.3, -0.25) is 4.79 Å². The Kier molecular flexibility index (Phi) is 5.32. The van der Waals surface area contributed by atoms with E-state index >= 15 is 0 Å². The van der Waals surface area contributed by atoms with Gasteiger partial charge in [-0.05, 0) is 44.9 Å². The number of amides is 1. The van der Waals surface area contributed by atoms with E-state index in [4.69, 9.17) is 5.11 Å². The van der Waals surface area contributed by atoms with Crippen LogP contribution in [0.1, 0.15) is 42.8 Å². The van der Waals surface area contributed by atoms with E-state index in [2.05, 4.69) is 41.3 Å². The molecule has 0 aliphatic rings. The van der Waals surface area contributed by atoms with Crippen molar-refractivity contribution in [2.45, 2.75) is 40.5 Å². The Balaban J connectivity index is 1.65. The number of hydrogen-bond acceptors (Lipinski definition) is 4. The quantitative estimate of drug-likeness (QED) is 0.606. The van der Waals surface area contributed by atoms with Gasteiger partial charge in [-0.1, -0.05) is 11.6 Å². The van der Waals surface area contributed by atoms with E-state index in [1.165, 1.54) is 22.5 Å².